The molecule has 14 heavy (non-hydrogen) atoms. The summed E-state index contributed by atoms with van der Waals surface area (Å²) in [6, 6.07) is 1.66. The number of carbonyl (C=O) groups is 1. The van der Waals surface area contributed by atoms with Crippen LogP contribution in [0.15, 0.2) is 19.5 Å². The van der Waals surface area contributed by atoms with Crippen molar-refractivity contribution in [1.29, 1.82) is 0 Å². The molecule has 0 radical (unpaired) electrons. The lowest BCUT2D eigenvalue weighted by Gasteiger charge is -2.10. The zero-order chi connectivity index (χ0) is 10.9. The number of aromatic hydroxyl groups is 1. The van der Waals surface area contributed by atoms with Crippen LogP contribution in [0.25, 0.3) is 0 Å². The first-order chi connectivity index (χ1) is 6.43. The molecule has 0 heterocycles. The largest absolute Gasteiger partial charge is 0.505 e. The van der Waals surface area contributed by atoms with Crippen molar-refractivity contribution in [2.75, 3.05) is 5.32 Å². The Labute approximate surface area is 106 Å². The minimum atomic E-state index is -0.201. The Balaban J connectivity index is 3.29. The summed E-state index contributed by atoms with van der Waals surface area (Å²) in [5.41, 5.74) is 0.512. The molecule has 0 spiro atoms. The summed E-state index contributed by atoms with van der Waals surface area (Å²) >= 11 is 9.63. The van der Waals surface area contributed by atoms with Crippen LogP contribution in [0.4, 0.5) is 5.69 Å². The van der Waals surface area contributed by atoms with Gasteiger partial charge in [0.2, 0.25) is 5.91 Å². The van der Waals surface area contributed by atoms with Gasteiger partial charge in [-0.15, -0.1) is 0 Å². The van der Waals surface area contributed by atoms with Gasteiger partial charge in [0, 0.05) is 11.4 Å². The summed E-state index contributed by atoms with van der Waals surface area (Å²) in [7, 11) is 0. The minimum absolute atomic E-state index is 0.0527. The fraction of sp³-hybridized carbons (Fsp3) is 0.125. The minimum Gasteiger partial charge on any atom is -0.505 e. The Hall–Kier alpha value is -0.0700. The van der Waals surface area contributed by atoms with Crippen molar-refractivity contribution < 1.29 is 9.90 Å². The first kappa shape index (κ1) is 12.0. The molecule has 0 atom stereocenters. The molecule has 0 saturated carbocycles. The molecule has 1 amide bonds. The number of anilines is 1. The number of hydrogen-bond acceptors (Lipinski definition) is 2. The van der Waals surface area contributed by atoms with Crippen LogP contribution in [0.2, 0.25) is 0 Å². The van der Waals surface area contributed by atoms with Crippen LogP contribution < -0.4 is 5.32 Å². The molecule has 6 heteroatoms. The van der Waals surface area contributed by atoms with E-state index in [1.165, 1.54) is 6.92 Å². The molecule has 0 unspecified atom stereocenters. The molecule has 0 fully saturated rings. The Bertz CT molecular complexity index is 393. The van der Waals surface area contributed by atoms with Crippen molar-refractivity contribution in [3.63, 3.8) is 0 Å². The molecule has 0 aliphatic heterocycles. The fourth-order valence-electron chi connectivity index (χ4n) is 0.870. The van der Waals surface area contributed by atoms with Gasteiger partial charge in [-0.3, -0.25) is 4.79 Å². The third-order valence-electron chi connectivity index (χ3n) is 1.45. The number of halogens is 3. The second-order valence-electron chi connectivity index (χ2n) is 2.56. The Kier molecular flexibility index (Phi) is 3.97. The summed E-state index contributed by atoms with van der Waals surface area (Å²) in [5.74, 6) is -0.148. The number of rotatable bonds is 1. The zero-order valence-corrected chi connectivity index (χ0v) is 11.8. The molecule has 76 valence electrons. The van der Waals surface area contributed by atoms with Gasteiger partial charge in [-0.1, -0.05) is 0 Å². The Morgan fingerprint density at radius 2 is 1.93 bits per heavy atom. The predicted octanol–water partition coefficient (Wildman–Crippen LogP) is 3.64. The van der Waals surface area contributed by atoms with Crippen molar-refractivity contribution in [3.05, 3.63) is 19.5 Å². The fourth-order valence-corrected chi connectivity index (χ4v) is 3.19. The molecule has 3 nitrogen and oxygen atoms in total. The summed E-state index contributed by atoms with van der Waals surface area (Å²) in [6.07, 6.45) is 0. The van der Waals surface area contributed by atoms with Gasteiger partial charge < -0.3 is 10.4 Å². The molecular formula is C8H6Br3NO2. The average molecular weight is 388 g/mol. The maximum Gasteiger partial charge on any atom is 0.221 e. The van der Waals surface area contributed by atoms with Gasteiger partial charge in [-0.05, 0) is 53.9 Å². The number of amides is 1. The van der Waals surface area contributed by atoms with Crippen molar-refractivity contribution in [1.82, 2.24) is 0 Å². The molecule has 0 saturated heterocycles. The van der Waals surface area contributed by atoms with Crippen molar-refractivity contribution >= 4 is 59.4 Å². The van der Waals surface area contributed by atoms with E-state index in [2.05, 4.69) is 53.1 Å². The van der Waals surface area contributed by atoms with Crippen LogP contribution in [0.3, 0.4) is 0 Å². The van der Waals surface area contributed by atoms with Gasteiger partial charge in [-0.2, -0.15) is 0 Å². The van der Waals surface area contributed by atoms with E-state index in [1.807, 2.05) is 0 Å². The lowest BCUT2D eigenvalue weighted by Crippen LogP contribution is -2.07. The first-order valence-corrected chi connectivity index (χ1v) is 5.95. The summed E-state index contributed by atoms with van der Waals surface area (Å²) in [5, 5.41) is 12.2. The zero-order valence-electron chi connectivity index (χ0n) is 7.07. The number of nitrogens with one attached hydrogen (secondary N) is 1. The van der Waals surface area contributed by atoms with Gasteiger partial charge in [0.05, 0.1) is 14.6 Å². The van der Waals surface area contributed by atoms with E-state index in [9.17, 15) is 9.90 Å². The predicted molar refractivity (Wildman–Crippen MR) is 65.5 cm³/mol. The van der Waals surface area contributed by atoms with Gasteiger partial charge in [0.1, 0.15) is 5.75 Å². The molecule has 0 aliphatic rings. The van der Waals surface area contributed by atoms with E-state index >= 15 is 0 Å². The second kappa shape index (κ2) is 4.63. The normalized spacial score (nSPS) is 10.0. The van der Waals surface area contributed by atoms with Gasteiger partial charge in [-0.25, -0.2) is 0 Å². The molecule has 2 N–H and O–H groups in total. The molecule has 0 aromatic heterocycles. The maximum absolute atomic E-state index is 10.9. The number of benzene rings is 1. The maximum atomic E-state index is 10.9. The van der Waals surface area contributed by atoms with Gasteiger partial charge in [0.15, 0.2) is 0 Å². The van der Waals surface area contributed by atoms with Crippen LogP contribution in [-0.2, 0) is 4.79 Å². The average Bonchev–Trinajstić information content (AvgIpc) is 2.09. The van der Waals surface area contributed by atoms with E-state index in [0.717, 1.165) is 0 Å². The van der Waals surface area contributed by atoms with E-state index in [-0.39, 0.29) is 11.7 Å². The standard InChI is InChI=1S/C8H6Br3NO2/c1-3(13)12-7-4(9)2-5(10)8(14)6(7)11/h2,14H,1H3,(H,12,13). The Morgan fingerprint density at radius 1 is 1.36 bits per heavy atom. The van der Waals surface area contributed by atoms with Crippen LogP contribution >= 0.6 is 47.8 Å². The third-order valence-corrected chi connectivity index (χ3v) is 3.45. The van der Waals surface area contributed by atoms with E-state index < -0.39 is 0 Å². The van der Waals surface area contributed by atoms with Crippen molar-refractivity contribution in [3.8, 4) is 5.75 Å². The van der Waals surface area contributed by atoms with Crippen LogP contribution in [0.5, 0.6) is 5.75 Å². The monoisotopic (exact) mass is 385 g/mol. The van der Waals surface area contributed by atoms with Gasteiger partial charge >= 0.3 is 0 Å². The molecule has 1 aromatic carbocycles. The molecule has 0 aliphatic carbocycles. The lowest BCUT2D eigenvalue weighted by molar-refractivity contribution is -0.114. The molecule has 0 bridgehead atoms. The third kappa shape index (κ3) is 2.49. The summed E-state index contributed by atoms with van der Waals surface area (Å²) < 4.78 is 1.67. The smallest absolute Gasteiger partial charge is 0.221 e. The van der Waals surface area contributed by atoms with Crippen molar-refractivity contribution in [2.24, 2.45) is 0 Å². The van der Waals surface area contributed by atoms with Gasteiger partial charge in [0.25, 0.3) is 0 Å². The lowest BCUT2D eigenvalue weighted by atomic mass is 10.3. The Morgan fingerprint density at radius 3 is 2.43 bits per heavy atom. The first-order valence-electron chi connectivity index (χ1n) is 3.57. The highest BCUT2D eigenvalue weighted by Crippen LogP contribution is 2.42. The van der Waals surface area contributed by atoms with E-state index in [0.29, 0.717) is 19.1 Å². The number of hydrogen-bond donors (Lipinski definition) is 2. The summed E-state index contributed by atoms with van der Waals surface area (Å²) in [6.45, 7) is 1.40. The van der Waals surface area contributed by atoms with Crippen LogP contribution in [0, 0.1) is 0 Å². The van der Waals surface area contributed by atoms with Crippen LogP contribution in [0.1, 0.15) is 6.92 Å². The molecule has 1 aromatic rings. The number of phenols is 1. The molecular weight excluding hydrogens is 382 g/mol. The van der Waals surface area contributed by atoms with Crippen LogP contribution in [-0.4, -0.2) is 11.0 Å². The SMILES string of the molecule is CC(=O)Nc1c(Br)cc(Br)c(O)c1Br. The topological polar surface area (TPSA) is 49.3 Å². The summed E-state index contributed by atoms with van der Waals surface area (Å²) in [4.78, 5) is 10.9. The highest BCUT2D eigenvalue weighted by Gasteiger charge is 2.13. The quantitative estimate of drug-likeness (QED) is 0.773. The van der Waals surface area contributed by atoms with E-state index in [1.54, 1.807) is 6.07 Å². The number of carbonyl (C=O) groups excluding carboxylic acids is 1. The number of phenolic OH excluding ortho intramolecular Hbond substituents is 1. The molecule has 1 rings (SSSR count). The van der Waals surface area contributed by atoms with Crippen molar-refractivity contribution in [2.45, 2.75) is 6.92 Å². The highest BCUT2D eigenvalue weighted by molar-refractivity contribution is 9.11. The second-order valence-corrected chi connectivity index (χ2v) is 5.06. The van der Waals surface area contributed by atoms with E-state index in [4.69, 9.17) is 0 Å². The highest BCUT2D eigenvalue weighted by atomic mass is 79.9.